The molecule has 4 heteroatoms. The molecule has 1 aliphatic heterocycles. The van der Waals surface area contributed by atoms with Crippen molar-refractivity contribution in [3.63, 3.8) is 0 Å². The highest BCUT2D eigenvalue weighted by molar-refractivity contribution is 9.09. The van der Waals surface area contributed by atoms with Crippen LogP contribution >= 0.6 is 15.9 Å². The van der Waals surface area contributed by atoms with Crippen LogP contribution in [0.5, 0.6) is 0 Å². The Morgan fingerprint density at radius 2 is 1.94 bits per heavy atom. The molecule has 3 nitrogen and oxygen atoms in total. The number of nitrogens with zero attached hydrogens (tertiary/aromatic N) is 2. The number of rotatable bonds is 4. The van der Waals surface area contributed by atoms with Crippen LogP contribution in [0.15, 0.2) is 0 Å². The summed E-state index contributed by atoms with van der Waals surface area (Å²) in [6.07, 6.45) is 5.49. The van der Waals surface area contributed by atoms with E-state index in [-0.39, 0.29) is 0 Å². The first-order valence-electron chi connectivity index (χ1n) is 6.92. The molecule has 17 heavy (non-hydrogen) atoms. The minimum atomic E-state index is 0.700. The minimum absolute atomic E-state index is 0.700. The average molecular weight is 305 g/mol. The zero-order valence-electron chi connectivity index (χ0n) is 10.9. The molecular weight excluding hydrogens is 280 g/mol. The minimum Gasteiger partial charge on any atom is -0.379 e. The largest absolute Gasteiger partial charge is 0.379 e. The molecule has 0 aromatic carbocycles. The van der Waals surface area contributed by atoms with Crippen LogP contribution in [-0.2, 0) is 4.74 Å². The van der Waals surface area contributed by atoms with E-state index >= 15 is 0 Å². The summed E-state index contributed by atoms with van der Waals surface area (Å²) in [5.74, 6) is 0. The Bertz CT molecular complexity index is 221. The average Bonchev–Trinajstić information content (AvgIpc) is 2.38. The van der Waals surface area contributed by atoms with E-state index in [4.69, 9.17) is 4.74 Å². The molecule has 2 aliphatic rings. The van der Waals surface area contributed by atoms with Gasteiger partial charge in [-0.2, -0.15) is 0 Å². The Morgan fingerprint density at radius 3 is 2.65 bits per heavy atom. The fraction of sp³-hybridized carbons (Fsp3) is 1.00. The van der Waals surface area contributed by atoms with Crippen molar-refractivity contribution in [2.24, 2.45) is 0 Å². The monoisotopic (exact) mass is 304 g/mol. The summed E-state index contributed by atoms with van der Waals surface area (Å²) in [5, 5.41) is 0. The summed E-state index contributed by atoms with van der Waals surface area (Å²) in [6.45, 7) is 6.41. The molecule has 2 fully saturated rings. The van der Waals surface area contributed by atoms with E-state index in [1.54, 1.807) is 0 Å². The van der Waals surface area contributed by atoms with Crippen LogP contribution < -0.4 is 0 Å². The van der Waals surface area contributed by atoms with Gasteiger partial charge in [0, 0.05) is 37.0 Å². The second kappa shape index (κ2) is 7.07. The summed E-state index contributed by atoms with van der Waals surface area (Å²) >= 11 is 3.85. The highest BCUT2D eigenvalue weighted by Crippen LogP contribution is 2.27. The van der Waals surface area contributed by atoms with E-state index in [9.17, 15) is 0 Å². The molecule has 0 radical (unpaired) electrons. The van der Waals surface area contributed by atoms with E-state index < -0.39 is 0 Å². The van der Waals surface area contributed by atoms with E-state index in [0.717, 1.165) is 32.3 Å². The SMILES string of the molecule is CN(CCN1CCOCC1)C1CCCCC1Br. The molecule has 1 heterocycles. The molecule has 0 spiro atoms. The molecule has 0 aromatic heterocycles. The third-order valence-electron chi connectivity index (χ3n) is 4.09. The lowest BCUT2D eigenvalue weighted by atomic mass is 9.94. The van der Waals surface area contributed by atoms with Crippen molar-refractivity contribution >= 4 is 15.9 Å². The van der Waals surface area contributed by atoms with Gasteiger partial charge < -0.3 is 9.64 Å². The summed E-state index contributed by atoms with van der Waals surface area (Å²) < 4.78 is 5.38. The summed E-state index contributed by atoms with van der Waals surface area (Å²) in [4.78, 5) is 5.77. The first-order chi connectivity index (χ1) is 8.27. The predicted octanol–water partition coefficient (Wildman–Crippen LogP) is 1.96. The summed E-state index contributed by atoms with van der Waals surface area (Å²) in [5.41, 5.74) is 0. The highest BCUT2D eigenvalue weighted by Gasteiger charge is 2.26. The smallest absolute Gasteiger partial charge is 0.0594 e. The topological polar surface area (TPSA) is 15.7 Å². The fourth-order valence-electron chi connectivity index (χ4n) is 2.85. The lowest BCUT2D eigenvalue weighted by Crippen LogP contribution is -2.46. The molecule has 2 rings (SSSR count). The zero-order chi connectivity index (χ0) is 12.1. The van der Waals surface area contributed by atoms with Crippen molar-refractivity contribution in [3.05, 3.63) is 0 Å². The van der Waals surface area contributed by atoms with Gasteiger partial charge in [-0.05, 0) is 19.9 Å². The van der Waals surface area contributed by atoms with E-state index in [0.29, 0.717) is 4.83 Å². The van der Waals surface area contributed by atoms with Crippen molar-refractivity contribution < 1.29 is 4.74 Å². The molecule has 1 saturated carbocycles. The van der Waals surface area contributed by atoms with Crippen molar-refractivity contribution in [1.29, 1.82) is 0 Å². The molecule has 0 bridgehead atoms. The number of alkyl halides is 1. The number of hydrogen-bond acceptors (Lipinski definition) is 3. The van der Waals surface area contributed by atoms with Crippen molar-refractivity contribution in [2.45, 2.75) is 36.6 Å². The zero-order valence-corrected chi connectivity index (χ0v) is 12.5. The van der Waals surface area contributed by atoms with Gasteiger partial charge in [0.2, 0.25) is 0 Å². The Labute approximate surface area is 114 Å². The van der Waals surface area contributed by atoms with Gasteiger partial charge >= 0.3 is 0 Å². The quantitative estimate of drug-likeness (QED) is 0.739. The van der Waals surface area contributed by atoms with E-state index in [2.05, 4.69) is 32.8 Å². The van der Waals surface area contributed by atoms with Crippen LogP contribution in [0.4, 0.5) is 0 Å². The first kappa shape index (κ1) is 13.8. The Hall–Kier alpha value is 0.360. The molecule has 0 N–H and O–H groups in total. The molecule has 2 atom stereocenters. The van der Waals surface area contributed by atoms with Gasteiger partial charge in [0.1, 0.15) is 0 Å². The maximum absolute atomic E-state index is 5.38. The van der Waals surface area contributed by atoms with Crippen molar-refractivity contribution in [2.75, 3.05) is 46.4 Å². The predicted molar refractivity (Wildman–Crippen MR) is 74.9 cm³/mol. The molecule has 0 aromatic rings. The molecule has 100 valence electrons. The molecule has 0 amide bonds. The van der Waals surface area contributed by atoms with Crippen molar-refractivity contribution in [3.8, 4) is 0 Å². The van der Waals surface area contributed by atoms with Crippen LogP contribution in [0.2, 0.25) is 0 Å². The number of morpholine rings is 1. The van der Waals surface area contributed by atoms with Gasteiger partial charge in [0.15, 0.2) is 0 Å². The number of halogens is 1. The van der Waals surface area contributed by atoms with Crippen molar-refractivity contribution in [1.82, 2.24) is 9.80 Å². The van der Waals surface area contributed by atoms with Crippen LogP contribution in [0, 0.1) is 0 Å². The Kier molecular flexibility index (Phi) is 5.74. The van der Waals surface area contributed by atoms with Gasteiger partial charge in [-0.15, -0.1) is 0 Å². The third-order valence-corrected chi connectivity index (χ3v) is 5.15. The van der Waals surface area contributed by atoms with Gasteiger partial charge in [-0.25, -0.2) is 0 Å². The molecule has 2 unspecified atom stereocenters. The second-order valence-electron chi connectivity index (χ2n) is 5.30. The van der Waals surface area contributed by atoms with Crippen LogP contribution in [0.1, 0.15) is 25.7 Å². The normalized spacial score (nSPS) is 31.9. The fourth-order valence-corrected chi connectivity index (χ4v) is 3.84. The highest BCUT2D eigenvalue weighted by atomic mass is 79.9. The van der Waals surface area contributed by atoms with Crippen LogP contribution in [0.3, 0.4) is 0 Å². The standard InChI is InChI=1S/C13H25BrN2O/c1-15(13-5-3-2-4-12(13)14)6-7-16-8-10-17-11-9-16/h12-13H,2-11H2,1H3. The summed E-state index contributed by atoms with van der Waals surface area (Å²) in [6, 6.07) is 0.741. The molecular formula is C13H25BrN2O. The van der Waals surface area contributed by atoms with Crippen LogP contribution in [-0.4, -0.2) is 67.1 Å². The van der Waals surface area contributed by atoms with Gasteiger partial charge in [0.25, 0.3) is 0 Å². The van der Waals surface area contributed by atoms with Gasteiger partial charge in [0.05, 0.1) is 13.2 Å². The third kappa shape index (κ3) is 4.19. The maximum atomic E-state index is 5.38. The Balaban J connectivity index is 1.70. The number of likely N-dealkylation sites (N-methyl/N-ethyl adjacent to an activating group) is 1. The second-order valence-corrected chi connectivity index (χ2v) is 6.48. The maximum Gasteiger partial charge on any atom is 0.0594 e. The molecule has 1 saturated heterocycles. The lowest BCUT2D eigenvalue weighted by molar-refractivity contribution is 0.0318. The van der Waals surface area contributed by atoms with E-state index in [1.165, 1.54) is 38.8 Å². The lowest BCUT2D eigenvalue weighted by Gasteiger charge is -2.36. The van der Waals surface area contributed by atoms with Gasteiger partial charge in [-0.3, -0.25) is 4.90 Å². The number of ether oxygens (including phenoxy) is 1. The summed E-state index contributed by atoms with van der Waals surface area (Å²) in [7, 11) is 2.28. The van der Waals surface area contributed by atoms with Gasteiger partial charge in [-0.1, -0.05) is 28.8 Å². The first-order valence-corrected chi connectivity index (χ1v) is 7.83. The van der Waals surface area contributed by atoms with Crippen LogP contribution in [0.25, 0.3) is 0 Å². The molecule has 1 aliphatic carbocycles. The number of hydrogen-bond donors (Lipinski definition) is 0. The van der Waals surface area contributed by atoms with E-state index in [1.807, 2.05) is 0 Å². The Morgan fingerprint density at radius 1 is 1.24 bits per heavy atom.